The fraction of sp³-hybridized carbons (Fsp3) is 0.455. The van der Waals surface area contributed by atoms with Crippen molar-refractivity contribution in [1.82, 2.24) is 0 Å². The Morgan fingerprint density at radius 1 is 0.923 bits per heavy atom. The van der Waals surface area contributed by atoms with Crippen LogP contribution >= 0.6 is 0 Å². The Balaban J connectivity index is 2.38. The van der Waals surface area contributed by atoms with Crippen molar-refractivity contribution < 1.29 is 9.59 Å². The molecule has 0 fully saturated rings. The van der Waals surface area contributed by atoms with Gasteiger partial charge in [-0.1, -0.05) is 12.2 Å². The molecule has 2 rings (SSSR count). The number of ketones is 2. The SMILES string of the molecule is O=C1C=CCCC12CCC=CC2=O. The summed E-state index contributed by atoms with van der Waals surface area (Å²) in [5.74, 6) is 0.0150. The van der Waals surface area contributed by atoms with E-state index in [0.717, 1.165) is 12.8 Å². The van der Waals surface area contributed by atoms with Gasteiger partial charge < -0.3 is 0 Å². The normalized spacial score (nSPS) is 25.5. The summed E-state index contributed by atoms with van der Waals surface area (Å²) in [6, 6.07) is 0. The highest BCUT2D eigenvalue weighted by molar-refractivity contribution is 6.16. The second-order valence-electron chi connectivity index (χ2n) is 3.69. The molecule has 0 unspecified atom stereocenters. The maximum Gasteiger partial charge on any atom is 0.169 e. The Kier molecular flexibility index (Phi) is 1.91. The van der Waals surface area contributed by atoms with Crippen LogP contribution in [-0.2, 0) is 9.59 Å². The van der Waals surface area contributed by atoms with Crippen molar-refractivity contribution in [2.45, 2.75) is 25.7 Å². The molecule has 0 aromatic heterocycles. The van der Waals surface area contributed by atoms with Crippen LogP contribution in [0.1, 0.15) is 25.7 Å². The Morgan fingerprint density at radius 3 is 1.77 bits per heavy atom. The zero-order valence-electron chi connectivity index (χ0n) is 7.45. The first-order chi connectivity index (χ1) is 6.26. The van der Waals surface area contributed by atoms with Crippen LogP contribution in [0.15, 0.2) is 24.3 Å². The third-order valence-electron chi connectivity index (χ3n) is 2.96. The third kappa shape index (κ3) is 1.17. The van der Waals surface area contributed by atoms with Gasteiger partial charge in [-0.25, -0.2) is 0 Å². The molecule has 0 heterocycles. The van der Waals surface area contributed by atoms with Gasteiger partial charge in [0.1, 0.15) is 0 Å². The summed E-state index contributed by atoms with van der Waals surface area (Å²) in [5.41, 5.74) is -0.677. The Labute approximate surface area is 77.3 Å². The van der Waals surface area contributed by atoms with E-state index >= 15 is 0 Å². The molecule has 2 heteroatoms. The summed E-state index contributed by atoms with van der Waals surface area (Å²) >= 11 is 0. The van der Waals surface area contributed by atoms with Crippen LogP contribution in [0, 0.1) is 5.41 Å². The molecule has 0 aliphatic heterocycles. The minimum atomic E-state index is -0.677. The lowest BCUT2D eigenvalue weighted by Gasteiger charge is -2.32. The molecule has 0 atom stereocenters. The summed E-state index contributed by atoms with van der Waals surface area (Å²) in [6.07, 6.45) is 9.97. The fourth-order valence-corrected chi connectivity index (χ4v) is 2.10. The second-order valence-corrected chi connectivity index (χ2v) is 3.69. The zero-order valence-corrected chi connectivity index (χ0v) is 7.45. The van der Waals surface area contributed by atoms with Crippen molar-refractivity contribution in [1.29, 1.82) is 0 Å². The summed E-state index contributed by atoms with van der Waals surface area (Å²) in [7, 11) is 0. The quantitative estimate of drug-likeness (QED) is 0.527. The molecule has 2 aliphatic rings. The smallest absolute Gasteiger partial charge is 0.169 e. The topological polar surface area (TPSA) is 34.1 Å². The predicted molar refractivity (Wildman–Crippen MR) is 49.2 cm³/mol. The van der Waals surface area contributed by atoms with Crippen LogP contribution < -0.4 is 0 Å². The van der Waals surface area contributed by atoms with Crippen LogP contribution in [0.5, 0.6) is 0 Å². The average molecular weight is 176 g/mol. The summed E-state index contributed by atoms with van der Waals surface area (Å²) in [5, 5.41) is 0. The van der Waals surface area contributed by atoms with E-state index in [1.807, 2.05) is 12.2 Å². The van der Waals surface area contributed by atoms with Crippen molar-refractivity contribution in [2.75, 3.05) is 0 Å². The number of hydrogen-bond acceptors (Lipinski definition) is 2. The Hall–Kier alpha value is -1.18. The molecule has 2 nitrogen and oxygen atoms in total. The highest BCUT2D eigenvalue weighted by Gasteiger charge is 2.43. The lowest BCUT2D eigenvalue weighted by Crippen LogP contribution is -2.40. The molecule has 0 saturated heterocycles. The van der Waals surface area contributed by atoms with E-state index in [-0.39, 0.29) is 11.6 Å². The second kappa shape index (κ2) is 2.95. The van der Waals surface area contributed by atoms with Crippen LogP contribution in [-0.4, -0.2) is 11.6 Å². The van der Waals surface area contributed by atoms with Gasteiger partial charge in [-0.2, -0.15) is 0 Å². The first kappa shape index (κ1) is 8.42. The van der Waals surface area contributed by atoms with Gasteiger partial charge >= 0.3 is 0 Å². The van der Waals surface area contributed by atoms with E-state index in [2.05, 4.69) is 0 Å². The number of carbonyl (C=O) groups excluding carboxylic acids is 2. The predicted octanol–water partition coefficient (Wildman–Crippen LogP) is 1.81. The molecule has 68 valence electrons. The zero-order chi connectivity index (χ0) is 9.31. The van der Waals surface area contributed by atoms with E-state index < -0.39 is 5.41 Å². The fourth-order valence-electron chi connectivity index (χ4n) is 2.10. The van der Waals surface area contributed by atoms with E-state index in [1.165, 1.54) is 0 Å². The first-order valence-electron chi connectivity index (χ1n) is 4.68. The molecule has 1 spiro atoms. The average Bonchev–Trinajstić information content (AvgIpc) is 2.15. The maximum absolute atomic E-state index is 11.6. The minimum Gasteiger partial charge on any atom is -0.294 e. The minimum absolute atomic E-state index is 0.00750. The number of carbonyl (C=O) groups is 2. The van der Waals surface area contributed by atoms with Crippen molar-refractivity contribution in [2.24, 2.45) is 5.41 Å². The molecule has 2 aliphatic carbocycles. The van der Waals surface area contributed by atoms with Gasteiger partial charge in [-0.15, -0.1) is 0 Å². The van der Waals surface area contributed by atoms with E-state index in [4.69, 9.17) is 0 Å². The maximum atomic E-state index is 11.6. The van der Waals surface area contributed by atoms with Crippen LogP contribution in [0.2, 0.25) is 0 Å². The highest BCUT2D eigenvalue weighted by Crippen LogP contribution is 2.38. The molecule has 0 saturated carbocycles. The number of rotatable bonds is 0. The van der Waals surface area contributed by atoms with E-state index in [0.29, 0.717) is 12.8 Å². The largest absolute Gasteiger partial charge is 0.294 e. The molecule has 0 radical (unpaired) electrons. The standard InChI is InChI=1S/C11H12O2/c12-9-5-1-3-7-11(9)8-4-2-6-10(11)13/h1-2,5-6H,3-4,7-8H2. The number of hydrogen-bond donors (Lipinski definition) is 0. The van der Waals surface area contributed by atoms with E-state index in [1.54, 1.807) is 12.2 Å². The van der Waals surface area contributed by atoms with Gasteiger partial charge in [-0.05, 0) is 37.8 Å². The van der Waals surface area contributed by atoms with Crippen molar-refractivity contribution in [3.8, 4) is 0 Å². The summed E-state index contributed by atoms with van der Waals surface area (Å²) < 4.78 is 0. The van der Waals surface area contributed by atoms with E-state index in [9.17, 15) is 9.59 Å². The molecule has 0 bridgehead atoms. The third-order valence-corrected chi connectivity index (χ3v) is 2.96. The van der Waals surface area contributed by atoms with Gasteiger partial charge in [0.05, 0.1) is 5.41 Å². The molecule has 0 aromatic carbocycles. The molecular formula is C11H12O2. The van der Waals surface area contributed by atoms with Gasteiger partial charge in [0.25, 0.3) is 0 Å². The summed E-state index contributed by atoms with van der Waals surface area (Å²) in [4.78, 5) is 23.3. The molecule has 0 N–H and O–H groups in total. The lowest BCUT2D eigenvalue weighted by atomic mass is 9.68. The van der Waals surface area contributed by atoms with Gasteiger partial charge in [0.2, 0.25) is 0 Å². The lowest BCUT2D eigenvalue weighted by molar-refractivity contribution is -0.137. The first-order valence-corrected chi connectivity index (χ1v) is 4.68. The molecule has 0 aromatic rings. The summed E-state index contributed by atoms with van der Waals surface area (Å²) in [6.45, 7) is 0. The Bertz CT molecular complexity index is 278. The van der Waals surface area contributed by atoms with Crippen molar-refractivity contribution in [3.05, 3.63) is 24.3 Å². The highest BCUT2D eigenvalue weighted by atomic mass is 16.2. The van der Waals surface area contributed by atoms with Crippen molar-refractivity contribution in [3.63, 3.8) is 0 Å². The van der Waals surface area contributed by atoms with Gasteiger partial charge in [-0.3, -0.25) is 9.59 Å². The molecule has 13 heavy (non-hydrogen) atoms. The monoisotopic (exact) mass is 176 g/mol. The molecule has 0 amide bonds. The van der Waals surface area contributed by atoms with Crippen molar-refractivity contribution >= 4 is 11.6 Å². The van der Waals surface area contributed by atoms with Crippen LogP contribution in [0.3, 0.4) is 0 Å². The van der Waals surface area contributed by atoms with Crippen LogP contribution in [0.4, 0.5) is 0 Å². The Morgan fingerprint density at radius 2 is 1.38 bits per heavy atom. The van der Waals surface area contributed by atoms with Gasteiger partial charge in [0.15, 0.2) is 11.6 Å². The number of allylic oxidation sites excluding steroid dienone is 4. The van der Waals surface area contributed by atoms with Gasteiger partial charge in [0, 0.05) is 0 Å². The van der Waals surface area contributed by atoms with Crippen LogP contribution in [0.25, 0.3) is 0 Å². The molecular weight excluding hydrogens is 164 g/mol.